The molecule has 0 unspecified atom stereocenters. The summed E-state index contributed by atoms with van der Waals surface area (Å²) in [4.78, 5) is 20.3. The SMILES string of the molecule is C=CCN(C(=O)c1cc(F)cc(Br)c1)c1nc2c(s1)CCCC2. The number of nitrogens with zero attached hydrogens (tertiary/aromatic N) is 2. The van der Waals surface area contributed by atoms with Gasteiger partial charge in [-0.15, -0.1) is 17.9 Å². The molecule has 0 saturated carbocycles. The van der Waals surface area contributed by atoms with E-state index in [1.807, 2.05) is 0 Å². The molecule has 1 aromatic carbocycles. The maximum atomic E-state index is 13.6. The lowest BCUT2D eigenvalue weighted by Gasteiger charge is -2.18. The predicted octanol–water partition coefficient (Wildman–Crippen LogP) is 4.76. The van der Waals surface area contributed by atoms with Gasteiger partial charge in [0.15, 0.2) is 5.13 Å². The minimum absolute atomic E-state index is 0.267. The minimum Gasteiger partial charge on any atom is -0.280 e. The zero-order valence-corrected chi connectivity index (χ0v) is 14.9. The van der Waals surface area contributed by atoms with Crippen molar-refractivity contribution in [2.45, 2.75) is 25.7 Å². The van der Waals surface area contributed by atoms with E-state index >= 15 is 0 Å². The van der Waals surface area contributed by atoms with Crippen molar-refractivity contribution in [2.75, 3.05) is 11.4 Å². The van der Waals surface area contributed by atoms with Gasteiger partial charge in [0.1, 0.15) is 5.82 Å². The first-order chi connectivity index (χ1) is 11.1. The van der Waals surface area contributed by atoms with E-state index in [0.717, 1.165) is 25.0 Å². The zero-order chi connectivity index (χ0) is 16.4. The molecule has 0 saturated heterocycles. The molecule has 0 N–H and O–H groups in total. The van der Waals surface area contributed by atoms with Gasteiger partial charge in [0.05, 0.1) is 5.69 Å². The summed E-state index contributed by atoms with van der Waals surface area (Å²) in [5.74, 6) is -0.712. The summed E-state index contributed by atoms with van der Waals surface area (Å²) >= 11 is 4.78. The highest BCUT2D eigenvalue weighted by atomic mass is 79.9. The third-order valence-corrected chi connectivity index (χ3v) is 5.37. The van der Waals surface area contributed by atoms with Crippen LogP contribution in [0.15, 0.2) is 35.3 Å². The van der Waals surface area contributed by atoms with Gasteiger partial charge in [-0.3, -0.25) is 9.69 Å². The molecule has 1 aliphatic carbocycles. The van der Waals surface area contributed by atoms with Crippen molar-refractivity contribution in [2.24, 2.45) is 0 Å². The van der Waals surface area contributed by atoms with Gasteiger partial charge in [0, 0.05) is 21.5 Å². The van der Waals surface area contributed by atoms with E-state index in [4.69, 9.17) is 0 Å². The van der Waals surface area contributed by atoms with Crippen molar-refractivity contribution < 1.29 is 9.18 Å². The first-order valence-electron chi connectivity index (χ1n) is 7.46. The molecule has 3 nitrogen and oxygen atoms in total. The first kappa shape index (κ1) is 16.3. The number of thiazole rings is 1. The number of rotatable bonds is 4. The summed E-state index contributed by atoms with van der Waals surface area (Å²) in [6, 6.07) is 4.20. The van der Waals surface area contributed by atoms with Crippen molar-refractivity contribution in [3.63, 3.8) is 0 Å². The second-order valence-electron chi connectivity index (χ2n) is 5.44. The average Bonchev–Trinajstić information content (AvgIpc) is 2.94. The van der Waals surface area contributed by atoms with Crippen molar-refractivity contribution in [3.05, 3.63) is 57.3 Å². The molecule has 23 heavy (non-hydrogen) atoms. The van der Waals surface area contributed by atoms with Crippen LogP contribution >= 0.6 is 27.3 Å². The van der Waals surface area contributed by atoms with Gasteiger partial charge in [0.25, 0.3) is 5.91 Å². The third kappa shape index (κ3) is 3.53. The standard InChI is InChI=1S/C17H16BrFN2OS/c1-2-7-21(16(22)11-8-12(18)10-13(19)9-11)17-20-14-5-3-4-6-15(14)23-17/h2,8-10H,1,3-7H2. The van der Waals surface area contributed by atoms with Crippen LogP contribution in [0.25, 0.3) is 0 Å². The Hall–Kier alpha value is -1.53. The van der Waals surface area contributed by atoms with Crippen LogP contribution in [0.1, 0.15) is 33.8 Å². The Morgan fingerprint density at radius 1 is 1.39 bits per heavy atom. The number of carbonyl (C=O) groups is 1. The number of amides is 1. The maximum absolute atomic E-state index is 13.6. The highest BCUT2D eigenvalue weighted by Gasteiger charge is 2.23. The summed E-state index contributed by atoms with van der Waals surface area (Å²) in [7, 11) is 0. The summed E-state index contributed by atoms with van der Waals surface area (Å²) in [5.41, 5.74) is 1.39. The van der Waals surface area contributed by atoms with E-state index in [0.29, 0.717) is 21.7 Å². The van der Waals surface area contributed by atoms with E-state index in [9.17, 15) is 9.18 Å². The maximum Gasteiger partial charge on any atom is 0.260 e. The summed E-state index contributed by atoms with van der Waals surface area (Å²) < 4.78 is 14.1. The van der Waals surface area contributed by atoms with Crippen molar-refractivity contribution in [1.82, 2.24) is 4.98 Å². The normalized spacial score (nSPS) is 13.5. The van der Waals surface area contributed by atoms with Gasteiger partial charge < -0.3 is 0 Å². The molecule has 0 radical (unpaired) electrons. The molecule has 1 heterocycles. The molecular formula is C17H16BrFN2OS. The molecular weight excluding hydrogens is 379 g/mol. The number of hydrogen-bond donors (Lipinski definition) is 0. The number of benzene rings is 1. The lowest BCUT2D eigenvalue weighted by molar-refractivity contribution is 0.0989. The second kappa shape index (κ2) is 6.93. The van der Waals surface area contributed by atoms with Gasteiger partial charge in [-0.25, -0.2) is 9.37 Å². The molecule has 120 valence electrons. The largest absolute Gasteiger partial charge is 0.280 e. The topological polar surface area (TPSA) is 33.2 Å². The lowest BCUT2D eigenvalue weighted by atomic mass is 10.0. The highest BCUT2D eigenvalue weighted by molar-refractivity contribution is 9.10. The van der Waals surface area contributed by atoms with Crippen LogP contribution in [0.4, 0.5) is 9.52 Å². The molecule has 1 aromatic heterocycles. The fourth-order valence-corrected chi connectivity index (χ4v) is 4.29. The molecule has 0 spiro atoms. The van der Waals surface area contributed by atoms with E-state index in [2.05, 4.69) is 27.5 Å². The van der Waals surface area contributed by atoms with Gasteiger partial charge >= 0.3 is 0 Å². The number of hydrogen-bond acceptors (Lipinski definition) is 3. The smallest absolute Gasteiger partial charge is 0.260 e. The van der Waals surface area contributed by atoms with Crippen LogP contribution in [0.5, 0.6) is 0 Å². The van der Waals surface area contributed by atoms with Crippen LogP contribution in [0.2, 0.25) is 0 Å². The quantitative estimate of drug-likeness (QED) is 0.700. The van der Waals surface area contributed by atoms with Crippen molar-refractivity contribution in [3.8, 4) is 0 Å². The van der Waals surface area contributed by atoms with Crippen molar-refractivity contribution in [1.29, 1.82) is 0 Å². The monoisotopic (exact) mass is 394 g/mol. The van der Waals surface area contributed by atoms with Crippen LogP contribution in [0.3, 0.4) is 0 Å². The predicted molar refractivity (Wildman–Crippen MR) is 94.7 cm³/mol. The first-order valence-corrected chi connectivity index (χ1v) is 9.07. The Balaban J connectivity index is 1.95. The molecule has 0 fully saturated rings. The lowest BCUT2D eigenvalue weighted by Crippen LogP contribution is -2.31. The second-order valence-corrected chi connectivity index (χ2v) is 7.41. The Morgan fingerprint density at radius 2 is 2.17 bits per heavy atom. The number of aromatic nitrogens is 1. The Bertz CT molecular complexity index is 715. The van der Waals surface area contributed by atoms with E-state index in [-0.39, 0.29) is 5.91 Å². The zero-order valence-electron chi connectivity index (χ0n) is 12.5. The van der Waals surface area contributed by atoms with Crippen LogP contribution in [-0.4, -0.2) is 17.4 Å². The fourth-order valence-electron chi connectivity index (χ4n) is 2.66. The van der Waals surface area contributed by atoms with Gasteiger partial charge in [-0.05, 0) is 43.9 Å². The van der Waals surface area contributed by atoms with E-state index in [1.54, 1.807) is 28.4 Å². The summed E-state index contributed by atoms with van der Waals surface area (Å²) in [6.07, 6.45) is 5.96. The van der Waals surface area contributed by atoms with Crippen LogP contribution < -0.4 is 4.90 Å². The number of anilines is 1. The molecule has 1 amide bonds. The molecule has 0 atom stereocenters. The average molecular weight is 395 g/mol. The van der Waals surface area contributed by atoms with Crippen LogP contribution in [0, 0.1) is 5.82 Å². The fraction of sp³-hybridized carbons (Fsp3) is 0.294. The third-order valence-electron chi connectivity index (χ3n) is 3.73. The number of carbonyl (C=O) groups excluding carboxylic acids is 1. The summed E-state index contributed by atoms with van der Waals surface area (Å²) in [6.45, 7) is 4.07. The van der Waals surface area contributed by atoms with Crippen LogP contribution in [-0.2, 0) is 12.8 Å². The van der Waals surface area contributed by atoms with Gasteiger partial charge in [0.2, 0.25) is 0 Å². The molecule has 6 heteroatoms. The Labute approximate surface area is 147 Å². The van der Waals surface area contributed by atoms with E-state index in [1.165, 1.54) is 23.4 Å². The van der Waals surface area contributed by atoms with Gasteiger partial charge in [-0.1, -0.05) is 22.0 Å². The number of halogens is 2. The van der Waals surface area contributed by atoms with Gasteiger partial charge in [-0.2, -0.15) is 0 Å². The summed E-state index contributed by atoms with van der Waals surface area (Å²) in [5, 5.41) is 0.669. The Kier molecular flexibility index (Phi) is 4.92. The number of aryl methyl sites for hydroxylation is 2. The number of fused-ring (bicyclic) bond motifs is 1. The molecule has 0 bridgehead atoms. The molecule has 3 rings (SSSR count). The minimum atomic E-state index is -0.445. The molecule has 2 aromatic rings. The molecule has 0 aliphatic heterocycles. The molecule has 1 aliphatic rings. The van der Waals surface area contributed by atoms with Crippen molar-refractivity contribution >= 4 is 38.3 Å². The highest BCUT2D eigenvalue weighted by Crippen LogP contribution is 2.32. The Morgan fingerprint density at radius 3 is 2.87 bits per heavy atom. The van der Waals surface area contributed by atoms with E-state index < -0.39 is 5.82 Å².